The average Bonchev–Trinajstić information content (AvgIpc) is 2.97. The van der Waals surface area contributed by atoms with Crippen molar-refractivity contribution in [3.63, 3.8) is 0 Å². The number of imide groups is 1. The van der Waals surface area contributed by atoms with Crippen LogP contribution in [0.3, 0.4) is 0 Å². The summed E-state index contributed by atoms with van der Waals surface area (Å²) in [6.07, 6.45) is 0. The van der Waals surface area contributed by atoms with Crippen molar-refractivity contribution in [2.24, 2.45) is 0 Å². The molecule has 2 aromatic rings. The predicted molar refractivity (Wildman–Crippen MR) is 114 cm³/mol. The molecule has 0 saturated heterocycles. The van der Waals surface area contributed by atoms with E-state index in [4.69, 9.17) is 21.1 Å². The molecule has 160 valence electrons. The first-order valence-corrected chi connectivity index (χ1v) is 9.85. The van der Waals surface area contributed by atoms with Crippen molar-refractivity contribution in [3.8, 4) is 0 Å². The van der Waals surface area contributed by atoms with Crippen LogP contribution in [0, 0.1) is 0 Å². The third kappa shape index (κ3) is 4.44. The Morgan fingerprint density at radius 3 is 2.32 bits per heavy atom. The maximum absolute atomic E-state index is 13.0. The van der Waals surface area contributed by atoms with Crippen molar-refractivity contribution in [2.45, 2.75) is 13.8 Å². The van der Waals surface area contributed by atoms with E-state index in [1.54, 1.807) is 44.2 Å². The lowest BCUT2D eigenvalue weighted by Gasteiger charge is -2.18. The van der Waals surface area contributed by atoms with Gasteiger partial charge in [-0.05, 0) is 44.2 Å². The fourth-order valence-electron chi connectivity index (χ4n) is 2.96. The highest BCUT2D eigenvalue weighted by atomic mass is 35.5. The van der Waals surface area contributed by atoms with Crippen molar-refractivity contribution in [3.05, 3.63) is 70.4 Å². The van der Waals surface area contributed by atoms with Gasteiger partial charge in [0, 0.05) is 5.69 Å². The number of para-hydroxylation sites is 1. The molecular formula is C22H19ClN2O6. The summed E-state index contributed by atoms with van der Waals surface area (Å²) in [6.45, 7) is 3.70. The third-order valence-corrected chi connectivity index (χ3v) is 4.66. The highest BCUT2D eigenvalue weighted by Crippen LogP contribution is 2.32. The molecule has 0 unspecified atom stereocenters. The molecule has 0 atom stereocenters. The monoisotopic (exact) mass is 442 g/mol. The number of amides is 2. The first-order valence-electron chi connectivity index (χ1n) is 9.47. The number of ether oxygens (including phenoxy) is 2. The zero-order chi connectivity index (χ0) is 22.5. The third-order valence-electron chi connectivity index (χ3n) is 4.31. The van der Waals surface area contributed by atoms with Gasteiger partial charge in [0.2, 0.25) is 0 Å². The molecule has 0 spiro atoms. The number of carbonyl (C=O) groups excluding carboxylic acids is 4. The Balaban J connectivity index is 1.91. The first-order chi connectivity index (χ1) is 14.9. The molecule has 8 nitrogen and oxygen atoms in total. The molecule has 1 aliphatic heterocycles. The summed E-state index contributed by atoms with van der Waals surface area (Å²) >= 11 is 6.16. The second-order valence-electron chi connectivity index (χ2n) is 6.30. The minimum atomic E-state index is -0.785. The fourth-order valence-corrected chi connectivity index (χ4v) is 3.18. The Bertz CT molecular complexity index is 1090. The summed E-state index contributed by atoms with van der Waals surface area (Å²) in [7, 11) is 0. The molecule has 31 heavy (non-hydrogen) atoms. The molecule has 9 heteroatoms. The molecule has 3 rings (SSSR count). The van der Waals surface area contributed by atoms with Crippen molar-refractivity contribution >= 4 is 46.7 Å². The van der Waals surface area contributed by atoms with E-state index >= 15 is 0 Å². The highest BCUT2D eigenvalue weighted by molar-refractivity contribution is 6.53. The Labute approximate surface area is 183 Å². The van der Waals surface area contributed by atoms with Crippen LogP contribution >= 0.6 is 11.6 Å². The molecule has 0 radical (unpaired) electrons. The van der Waals surface area contributed by atoms with Crippen LogP contribution in [-0.4, -0.2) is 37.0 Å². The molecule has 1 N–H and O–H groups in total. The number of nitrogens with one attached hydrogen (secondary N) is 1. The number of hydrogen-bond donors (Lipinski definition) is 1. The van der Waals surface area contributed by atoms with E-state index in [9.17, 15) is 19.2 Å². The molecule has 0 fully saturated rings. The Morgan fingerprint density at radius 1 is 0.935 bits per heavy atom. The lowest BCUT2D eigenvalue weighted by atomic mass is 10.1. The minimum Gasteiger partial charge on any atom is -0.462 e. The van der Waals surface area contributed by atoms with Crippen LogP contribution in [-0.2, 0) is 19.1 Å². The van der Waals surface area contributed by atoms with Gasteiger partial charge in [-0.2, -0.15) is 0 Å². The average molecular weight is 443 g/mol. The van der Waals surface area contributed by atoms with Gasteiger partial charge in [0.15, 0.2) is 0 Å². The van der Waals surface area contributed by atoms with E-state index in [0.717, 1.165) is 4.90 Å². The molecule has 2 amide bonds. The summed E-state index contributed by atoms with van der Waals surface area (Å²) in [5.41, 5.74) is 0.573. The van der Waals surface area contributed by atoms with Gasteiger partial charge < -0.3 is 14.8 Å². The van der Waals surface area contributed by atoms with Crippen LogP contribution in [0.2, 0.25) is 0 Å². The van der Waals surface area contributed by atoms with Crippen molar-refractivity contribution < 1.29 is 28.7 Å². The van der Waals surface area contributed by atoms with E-state index in [2.05, 4.69) is 5.32 Å². The molecular weight excluding hydrogens is 424 g/mol. The molecule has 0 saturated carbocycles. The van der Waals surface area contributed by atoms with Crippen molar-refractivity contribution in [1.82, 2.24) is 0 Å². The van der Waals surface area contributed by atoms with Gasteiger partial charge in [-0.25, -0.2) is 14.5 Å². The highest BCUT2D eigenvalue weighted by Gasteiger charge is 2.40. The Morgan fingerprint density at radius 2 is 1.61 bits per heavy atom. The summed E-state index contributed by atoms with van der Waals surface area (Å²) < 4.78 is 9.97. The SMILES string of the molecule is CCOC(=O)c1cccc(NC2=C(Cl)C(=O)N(c3ccccc3C(=O)OCC)C2=O)c1. The number of anilines is 2. The van der Waals surface area contributed by atoms with Crippen LogP contribution < -0.4 is 10.2 Å². The molecule has 0 bridgehead atoms. The Hall–Kier alpha value is -3.65. The zero-order valence-corrected chi connectivity index (χ0v) is 17.6. The predicted octanol–water partition coefficient (Wildman–Crippen LogP) is 3.48. The summed E-state index contributed by atoms with van der Waals surface area (Å²) in [6, 6.07) is 12.3. The van der Waals surface area contributed by atoms with E-state index in [1.807, 2.05) is 0 Å². The van der Waals surface area contributed by atoms with Crippen LogP contribution in [0.15, 0.2) is 59.3 Å². The van der Waals surface area contributed by atoms with Crippen LogP contribution in [0.5, 0.6) is 0 Å². The van der Waals surface area contributed by atoms with Crippen molar-refractivity contribution in [2.75, 3.05) is 23.4 Å². The van der Waals surface area contributed by atoms with Gasteiger partial charge in [-0.15, -0.1) is 0 Å². The number of halogens is 1. The van der Waals surface area contributed by atoms with E-state index in [1.165, 1.54) is 18.2 Å². The summed E-state index contributed by atoms with van der Waals surface area (Å²) in [5, 5.41) is 2.45. The standard InChI is InChI=1S/C22H19ClN2O6/c1-3-30-21(28)13-8-7-9-14(12-13)24-18-17(23)19(26)25(20(18)27)16-11-6-5-10-15(16)22(29)31-4-2/h5-12,24H,3-4H2,1-2H3. The minimum absolute atomic E-state index is 0.0566. The maximum Gasteiger partial charge on any atom is 0.340 e. The van der Waals surface area contributed by atoms with E-state index in [0.29, 0.717) is 5.69 Å². The van der Waals surface area contributed by atoms with E-state index in [-0.39, 0.29) is 40.8 Å². The quantitative estimate of drug-likeness (QED) is 0.517. The normalized spacial score (nSPS) is 13.5. The number of esters is 2. The lowest BCUT2D eigenvalue weighted by molar-refractivity contribution is -0.120. The summed E-state index contributed by atoms with van der Waals surface area (Å²) in [5.74, 6) is -2.72. The zero-order valence-electron chi connectivity index (χ0n) is 16.8. The largest absolute Gasteiger partial charge is 0.462 e. The molecule has 0 aromatic heterocycles. The fraction of sp³-hybridized carbons (Fsp3) is 0.182. The van der Waals surface area contributed by atoms with Gasteiger partial charge in [-0.1, -0.05) is 29.8 Å². The smallest absolute Gasteiger partial charge is 0.340 e. The second-order valence-corrected chi connectivity index (χ2v) is 6.68. The maximum atomic E-state index is 13.0. The first kappa shape index (κ1) is 22.0. The van der Waals surface area contributed by atoms with E-state index < -0.39 is 23.8 Å². The number of benzene rings is 2. The molecule has 1 heterocycles. The van der Waals surface area contributed by atoms with Crippen LogP contribution in [0.25, 0.3) is 0 Å². The van der Waals surface area contributed by atoms with Gasteiger partial charge in [-0.3, -0.25) is 9.59 Å². The van der Waals surface area contributed by atoms with Gasteiger partial charge in [0.05, 0.1) is 30.0 Å². The molecule has 0 aliphatic carbocycles. The van der Waals surface area contributed by atoms with Gasteiger partial charge >= 0.3 is 11.9 Å². The number of nitrogens with zero attached hydrogens (tertiary/aromatic N) is 1. The van der Waals surface area contributed by atoms with Crippen LogP contribution in [0.1, 0.15) is 34.6 Å². The Kier molecular flexibility index (Phi) is 6.71. The summed E-state index contributed by atoms with van der Waals surface area (Å²) in [4.78, 5) is 50.8. The topological polar surface area (TPSA) is 102 Å². The number of hydrogen-bond acceptors (Lipinski definition) is 7. The second kappa shape index (κ2) is 9.44. The van der Waals surface area contributed by atoms with Gasteiger partial charge in [0.25, 0.3) is 11.8 Å². The number of rotatable bonds is 7. The van der Waals surface area contributed by atoms with Gasteiger partial charge in [0.1, 0.15) is 10.7 Å². The van der Waals surface area contributed by atoms with Crippen molar-refractivity contribution in [1.29, 1.82) is 0 Å². The number of carbonyl (C=O) groups is 4. The lowest BCUT2D eigenvalue weighted by Crippen LogP contribution is -2.33. The molecule has 2 aromatic carbocycles. The van der Waals surface area contributed by atoms with Crippen LogP contribution in [0.4, 0.5) is 11.4 Å². The molecule has 1 aliphatic rings.